The Bertz CT molecular complexity index is 658. The standard InChI is InChI=1S/2C10H11NO2/c2*12-10-11-9(7-13-10)6-8-4-2-1-3-5-8/h2*1-5,9H,6-7H2,(H,11,12)/t2*9-/m10/s1. The van der Waals surface area contributed by atoms with Crippen LogP contribution in [0, 0.1) is 0 Å². The molecule has 2 N–H and O–H groups in total. The minimum atomic E-state index is -0.305. The van der Waals surface area contributed by atoms with E-state index in [1.54, 1.807) is 0 Å². The van der Waals surface area contributed by atoms with Crippen LogP contribution in [0.25, 0.3) is 0 Å². The first-order valence-electron chi connectivity index (χ1n) is 8.63. The van der Waals surface area contributed by atoms with Crippen molar-refractivity contribution in [3.8, 4) is 0 Å². The molecule has 136 valence electrons. The van der Waals surface area contributed by atoms with Crippen molar-refractivity contribution in [1.82, 2.24) is 10.6 Å². The lowest BCUT2D eigenvalue weighted by molar-refractivity contribution is 0.176. The van der Waals surface area contributed by atoms with E-state index < -0.39 is 0 Å². The Kier molecular flexibility index (Phi) is 6.09. The van der Waals surface area contributed by atoms with Gasteiger partial charge in [-0.2, -0.15) is 0 Å². The molecular formula is C20H22N2O4. The van der Waals surface area contributed by atoms with Gasteiger partial charge in [-0.3, -0.25) is 0 Å². The largest absolute Gasteiger partial charge is 0.447 e. The van der Waals surface area contributed by atoms with Gasteiger partial charge in [-0.25, -0.2) is 9.59 Å². The topological polar surface area (TPSA) is 76.7 Å². The SMILES string of the molecule is O=C1N[C@@H](Cc2ccccc2)CO1.O=C1N[C@H](Cc2ccccc2)CO1. The van der Waals surface area contributed by atoms with Gasteiger partial charge in [-0.15, -0.1) is 0 Å². The molecule has 6 nitrogen and oxygen atoms in total. The third-order valence-corrected chi connectivity index (χ3v) is 4.13. The van der Waals surface area contributed by atoms with E-state index in [1.165, 1.54) is 11.1 Å². The van der Waals surface area contributed by atoms with Gasteiger partial charge in [0.15, 0.2) is 0 Å². The van der Waals surface area contributed by atoms with Crippen molar-refractivity contribution < 1.29 is 19.1 Å². The van der Waals surface area contributed by atoms with Crippen LogP contribution in [0.4, 0.5) is 9.59 Å². The number of alkyl carbamates (subject to hydrolysis) is 2. The van der Waals surface area contributed by atoms with Crippen LogP contribution < -0.4 is 10.6 Å². The number of benzene rings is 2. The van der Waals surface area contributed by atoms with Crippen molar-refractivity contribution in [3.63, 3.8) is 0 Å². The Morgan fingerprint density at radius 1 is 0.692 bits per heavy atom. The fraction of sp³-hybridized carbons (Fsp3) is 0.300. The first kappa shape index (κ1) is 17.8. The minimum absolute atomic E-state index is 0.134. The van der Waals surface area contributed by atoms with Crippen molar-refractivity contribution in [2.75, 3.05) is 13.2 Å². The van der Waals surface area contributed by atoms with E-state index in [4.69, 9.17) is 9.47 Å². The molecule has 0 aliphatic carbocycles. The van der Waals surface area contributed by atoms with E-state index in [0.29, 0.717) is 13.2 Å². The molecule has 4 rings (SSSR count). The lowest BCUT2D eigenvalue weighted by atomic mass is 10.1. The zero-order chi connectivity index (χ0) is 18.2. The lowest BCUT2D eigenvalue weighted by Crippen LogP contribution is -2.28. The molecule has 2 heterocycles. The molecule has 6 heteroatoms. The maximum absolute atomic E-state index is 10.7. The number of cyclic esters (lactones) is 2. The first-order chi connectivity index (χ1) is 12.7. The molecule has 2 saturated heterocycles. The summed E-state index contributed by atoms with van der Waals surface area (Å²) in [5.74, 6) is 0. The number of carbonyl (C=O) groups excluding carboxylic acids is 2. The smallest absolute Gasteiger partial charge is 0.407 e. The number of hydrogen-bond donors (Lipinski definition) is 2. The molecule has 2 aromatic rings. The summed E-state index contributed by atoms with van der Waals surface area (Å²) in [6.45, 7) is 0.960. The summed E-state index contributed by atoms with van der Waals surface area (Å²) in [4.78, 5) is 21.4. The predicted molar refractivity (Wildman–Crippen MR) is 96.8 cm³/mol. The van der Waals surface area contributed by atoms with Crippen molar-refractivity contribution in [3.05, 3.63) is 71.8 Å². The van der Waals surface area contributed by atoms with Crippen molar-refractivity contribution in [2.24, 2.45) is 0 Å². The summed E-state index contributed by atoms with van der Waals surface area (Å²) >= 11 is 0. The number of rotatable bonds is 4. The molecule has 2 amide bonds. The van der Waals surface area contributed by atoms with E-state index in [9.17, 15) is 9.59 Å². The van der Waals surface area contributed by atoms with Crippen molar-refractivity contribution >= 4 is 12.2 Å². The van der Waals surface area contributed by atoms with E-state index in [-0.39, 0.29) is 24.3 Å². The molecule has 0 aromatic heterocycles. The van der Waals surface area contributed by atoms with Gasteiger partial charge in [0.25, 0.3) is 0 Å². The normalized spacial score (nSPS) is 20.9. The van der Waals surface area contributed by atoms with E-state index in [1.807, 2.05) is 60.7 Å². The average Bonchev–Trinajstić information content (AvgIpc) is 3.25. The van der Waals surface area contributed by atoms with E-state index in [2.05, 4.69) is 10.6 Å². The average molecular weight is 354 g/mol. The van der Waals surface area contributed by atoms with Crippen LogP contribution in [0.1, 0.15) is 11.1 Å². The quantitative estimate of drug-likeness (QED) is 0.885. The summed E-state index contributed by atoms with van der Waals surface area (Å²) in [6, 6.07) is 20.4. The van der Waals surface area contributed by atoms with Crippen LogP contribution in [-0.4, -0.2) is 37.5 Å². The molecule has 2 aromatic carbocycles. The zero-order valence-electron chi connectivity index (χ0n) is 14.4. The van der Waals surface area contributed by atoms with Gasteiger partial charge in [0.05, 0.1) is 12.1 Å². The molecule has 0 saturated carbocycles. The van der Waals surface area contributed by atoms with Crippen LogP contribution in [-0.2, 0) is 22.3 Å². The molecule has 2 atom stereocenters. The molecule has 2 aliphatic rings. The summed E-state index contributed by atoms with van der Waals surface area (Å²) in [6.07, 6.45) is 1.07. The summed E-state index contributed by atoms with van der Waals surface area (Å²) in [5.41, 5.74) is 2.44. The van der Waals surface area contributed by atoms with Crippen LogP contribution in [0.3, 0.4) is 0 Å². The lowest BCUT2D eigenvalue weighted by Gasteiger charge is -2.05. The number of nitrogens with one attached hydrogen (secondary N) is 2. The summed E-state index contributed by atoms with van der Waals surface area (Å²) in [5, 5.41) is 5.48. The Hall–Kier alpha value is -3.02. The summed E-state index contributed by atoms with van der Waals surface area (Å²) < 4.78 is 9.58. The van der Waals surface area contributed by atoms with Crippen LogP contribution in [0.2, 0.25) is 0 Å². The summed E-state index contributed by atoms with van der Waals surface area (Å²) in [7, 11) is 0. The Labute approximate surface area is 152 Å². The van der Waals surface area contributed by atoms with Crippen LogP contribution >= 0.6 is 0 Å². The zero-order valence-corrected chi connectivity index (χ0v) is 14.4. The number of hydrogen-bond acceptors (Lipinski definition) is 4. The molecule has 0 bridgehead atoms. The number of ether oxygens (including phenoxy) is 2. The van der Waals surface area contributed by atoms with Gasteiger partial charge in [0, 0.05) is 0 Å². The Morgan fingerprint density at radius 2 is 1.08 bits per heavy atom. The second kappa shape index (κ2) is 8.89. The minimum Gasteiger partial charge on any atom is -0.447 e. The second-order valence-corrected chi connectivity index (χ2v) is 6.26. The van der Waals surface area contributed by atoms with Crippen molar-refractivity contribution in [1.29, 1.82) is 0 Å². The van der Waals surface area contributed by atoms with E-state index >= 15 is 0 Å². The maximum atomic E-state index is 10.7. The first-order valence-corrected chi connectivity index (χ1v) is 8.63. The molecular weight excluding hydrogens is 332 g/mol. The second-order valence-electron chi connectivity index (χ2n) is 6.26. The molecule has 0 spiro atoms. The highest BCUT2D eigenvalue weighted by Crippen LogP contribution is 2.08. The van der Waals surface area contributed by atoms with Gasteiger partial charge in [0.2, 0.25) is 0 Å². The molecule has 2 fully saturated rings. The monoisotopic (exact) mass is 354 g/mol. The maximum Gasteiger partial charge on any atom is 0.407 e. The fourth-order valence-corrected chi connectivity index (χ4v) is 2.87. The Balaban J connectivity index is 0.000000151. The number of carbonyl (C=O) groups is 2. The highest BCUT2D eigenvalue weighted by atomic mass is 16.6. The predicted octanol–water partition coefficient (Wildman–Crippen LogP) is 2.68. The molecule has 2 aliphatic heterocycles. The molecule has 0 radical (unpaired) electrons. The Morgan fingerprint density at radius 3 is 1.38 bits per heavy atom. The van der Waals surface area contributed by atoms with Gasteiger partial charge >= 0.3 is 12.2 Å². The van der Waals surface area contributed by atoms with Crippen LogP contribution in [0.5, 0.6) is 0 Å². The van der Waals surface area contributed by atoms with Gasteiger partial charge < -0.3 is 20.1 Å². The molecule has 26 heavy (non-hydrogen) atoms. The van der Waals surface area contributed by atoms with Gasteiger partial charge in [-0.05, 0) is 24.0 Å². The van der Waals surface area contributed by atoms with Gasteiger partial charge in [0.1, 0.15) is 13.2 Å². The third-order valence-electron chi connectivity index (χ3n) is 4.13. The number of amides is 2. The highest BCUT2D eigenvalue weighted by molar-refractivity contribution is 5.70. The fourth-order valence-electron chi connectivity index (χ4n) is 2.87. The van der Waals surface area contributed by atoms with Crippen molar-refractivity contribution in [2.45, 2.75) is 24.9 Å². The van der Waals surface area contributed by atoms with E-state index in [0.717, 1.165) is 12.8 Å². The van der Waals surface area contributed by atoms with Gasteiger partial charge in [-0.1, -0.05) is 60.7 Å². The highest BCUT2D eigenvalue weighted by Gasteiger charge is 2.22. The molecule has 0 unspecified atom stereocenters. The third kappa shape index (κ3) is 5.51. The van der Waals surface area contributed by atoms with Crippen LogP contribution in [0.15, 0.2) is 60.7 Å².